The van der Waals surface area contributed by atoms with Crippen molar-refractivity contribution < 1.29 is 9.53 Å². The molecular weight excluding hydrogens is 192 g/mol. The number of ether oxygens (including phenoxy) is 1. The van der Waals surface area contributed by atoms with Gasteiger partial charge in [-0.15, -0.1) is 0 Å². The van der Waals surface area contributed by atoms with Gasteiger partial charge >= 0.3 is 5.97 Å². The lowest BCUT2D eigenvalue weighted by molar-refractivity contribution is -0.141. The van der Waals surface area contributed by atoms with E-state index in [0.29, 0.717) is 12.3 Å². The molecule has 0 spiro atoms. The molecule has 82 valence electrons. The number of methoxy groups -OCH3 is 1. The highest BCUT2D eigenvalue weighted by Crippen LogP contribution is 2.39. The van der Waals surface area contributed by atoms with Crippen molar-refractivity contribution in [3.05, 3.63) is 18.0 Å². The Balaban J connectivity index is 1.98. The maximum atomic E-state index is 11.1. The quantitative estimate of drug-likeness (QED) is 0.710. The number of hydrogen-bond acceptors (Lipinski definition) is 3. The molecule has 1 heterocycles. The Labute approximate surface area is 89.2 Å². The number of nitrogens with zero attached hydrogens (tertiary/aromatic N) is 2. The molecule has 1 aromatic heterocycles. The fraction of sp³-hybridized carbons (Fsp3) is 0.636. The average Bonchev–Trinajstić information content (AvgIpc) is 2.96. The fourth-order valence-electron chi connectivity index (χ4n) is 1.61. The minimum absolute atomic E-state index is 0.0740. The molecule has 4 heteroatoms. The van der Waals surface area contributed by atoms with Gasteiger partial charge in [-0.05, 0) is 25.8 Å². The van der Waals surface area contributed by atoms with Gasteiger partial charge < -0.3 is 4.74 Å². The predicted octanol–water partition coefficient (Wildman–Crippen LogP) is 1.88. The van der Waals surface area contributed by atoms with Gasteiger partial charge in [0.25, 0.3) is 0 Å². The van der Waals surface area contributed by atoms with E-state index in [1.165, 1.54) is 20.0 Å². The molecular formula is C11H16N2O2. The van der Waals surface area contributed by atoms with Gasteiger partial charge in [-0.2, -0.15) is 5.10 Å². The highest BCUT2D eigenvalue weighted by atomic mass is 16.5. The third-order valence-corrected chi connectivity index (χ3v) is 2.77. The second-order valence-corrected chi connectivity index (χ2v) is 4.12. The van der Waals surface area contributed by atoms with Gasteiger partial charge in [0.1, 0.15) is 0 Å². The highest BCUT2D eigenvalue weighted by molar-refractivity contribution is 5.69. The van der Waals surface area contributed by atoms with Crippen molar-refractivity contribution in [3.8, 4) is 0 Å². The van der Waals surface area contributed by atoms with E-state index in [9.17, 15) is 4.79 Å². The monoisotopic (exact) mass is 208 g/mol. The average molecular weight is 208 g/mol. The van der Waals surface area contributed by atoms with Gasteiger partial charge in [-0.1, -0.05) is 0 Å². The van der Waals surface area contributed by atoms with Crippen molar-refractivity contribution in [2.24, 2.45) is 0 Å². The number of hydrogen-bond donors (Lipinski definition) is 0. The fourth-order valence-corrected chi connectivity index (χ4v) is 1.61. The molecule has 1 aromatic rings. The molecule has 15 heavy (non-hydrogen) atoms. The second kappa shape index (κ2) is 4.04. The standard InChI is InChI=1S/C11H16N2O2/c1-8(7-11(14)15-2)13-6-5-10(12-13)9-3-4-9/h5-6,8-9H,3-4,7H2,1-2H3. The molecule has 0 saturated heterocycles. The molecule has 0 radical (unpaired) electrons. The van der Waals surface area contributed by atoms with Gasteiger partial charge in [0.05, 0.1) is 25.3 Å². The van der Waals surface area contributed by atoms with Crippen molar-refractivity contribution >= 4 is 5.97 Å². The molecule has 1 aliphatic carbocycles. The van der Waals surface area contributed by atoms with E-state index in [1.807, 2.05) is 23.9 Å². The van der Waals surface area contributed by atoms with Crippen molar-refractivity contribution in [3.63, 3.8) is 0 Å². The van der Waals surface area contributed by atoms with Crippen LogP contribution in [0.3, 0.4) is 0 Å². The maximum absolute atomic E-state index is 11.1. The largest absolute Gasteiger partial charge is 0.469 e. The second-order valence-electron chi connectivity index (χ2n) is 4.12. The van der Waals surface area contributed by atoms with Crippen molar-refractivity contribution in [2.45, 2.75) is 38.1 Å². The van der Waals surface area contributed by atoms with E-state index in [0.717, 1.165) is 5.69 Å². The Morgan fingerprint density at radius 1 is 1.73 bits per heavy atom. The zero-order valence-corrected chi connectivity index (χ0v) is 9.14. The first-order chi connectivity index (χ1) is 7.20. The van der Waals surface area contributed by atoms with E-state index in [1.54, 1.807) is 0 Å². The number of rotatable bonds is 4. The number of carbonyl (C=O) groups is 1. The summed E-state index contributed by atoms with van der Waals surface area (Å²) in [7, 11) is 1.41. The van der Waals surface area contributed by atoms with Crippen LogP contribution < -0.4 is 0 Å². The van der Waals surface area contributed by atoms with Gasteiger partial charge in [-0.3, -0.25) is 9.48 Å². The first kappa shape index (κ1) is 10.2. The Kier molecular flexibility index (Phi) is 2.75. The van der Waals surface area contributed by atoms with E-state index < -0.39 is 0 Å². The Morgan fingerprint density at radius 3 is 3.07 bits per heavy atom. The van der Waals surface area contributed by atoms with Crippen LogP contribution in [0.15, 0.2) is 12.3 Å². The van der Waals surface area contributed by atoms with Crippen LogP contribution in [0.4, 0.5) is 0 Å². The van der Waals surface area contributed by atoms with Gasteiger partial charge in [0, 0.05) is 12.1 Å². The summed E-state index contributed by atoms with van der Waals surface area (Å²) in [5.41, 5.74) is 1.16. The Morgan fingerprint density at radius 2 is 2.47 bits per heavy atom. The lowest BCUT2D eigenvalue weighted by Crippen LogP contribution is -2.12. The molecule has 1 atom stereocenters. The van der Waals surface area contributed by atoms with Crippen molar-refractivity contribution in [1.82, 2.24) is 9.78 Å². The van der Waals surface area contributed by atoms with Crippen LogP contribution in [0.2, 0.25) is 0 Å². The predicted molar refractivity (Wildman–Crippen MR) is 55.5 cm³/mol. The summed E-state index contributed by atoms with van der Waals surface area (Å²) < 4.78 is 6.48. The summed E-state index contributed by atoms with van der Waals surface area (Å²) in [6.45, 7) is 1.97. The van der Waals surface area contributed by atoms with Crippen LogP contribution in [0.25, 0.3) is 0 Å². The molecule has 0 aliphatic heterocycles. The normalized spacial score (nSPS) is 17.5. The van der Waals surface area contributed by atoms with Gasteiger partial charge in [0.2, 0.25) is 0 Å². The van der Waals surface area contributed by atoms with Crippen LogP contribution >= 0.6 is 0 Å². The lowest BCUT2D eigenvalue weighted by Gasteiger charge is -2.10. The van der Waals surface area contributed by atoms with Crippen molar-refractivity contribution in [1.29, 1.82) is 0 Å². The summed E-state index contributed by atoms with van der Waals surface area (Å²) >= 11 is 0. The van der Waals surface area contributed by atoms with Crippen molar-refractivity contribution in [2.75, 3.05) is 7.11 Å². The molecule has 0 amide bonds. The van der Waals surface area contributed by atoms with E-state index in [2.05, 4.69) is 9.84 Å². The summed E-state index contributed by atoms with van der Waals surface area (Å²) in [5.74, 6) is 0.475. The summed E-state index contributed by atoms with van der Waals surface area (Å²) in [5, 5.41) is 4.47. The van der Waals surface area contributed by atoms with Crippen LogP contribution in [-0.2, 0) is 9.53 Å². The topological polar surface area (TPSA) is 44.1 Å². The molecule has 1 saturated carbocycles. The van der Waals surface area contributed by atoms with Crippen LogP contribution in [0.1, 0.15) is 43.8 Å². The lowest BCUT2D eigenvalue weighted by atomic mass is 10.2. The minimum atomic E-state index is -0.189. The summed E-state index contributed by atoms with van der Waals surface area (Å²) in [4.78, 5) is 11.1. The molecule has 1 unspecified atom stereocenters. The first-order valence-corrected chi connectivity index (χ1v) is 5.32. The Bertz CT molecular complexity index is 355. The third kappa shape index (κ3) is 2.37. The SMILES string of the molecule is COC(=O)CC(C)n1ccc(C2CC2)n1. The van der Waals surface area contributed by atoms with Crippen LogP contribution in [0, 0.1) is 0 Å². The van der Waals surface area contributed by atoms with Gasteiger partial charge in [-0.25, -0.2) is 0 Å². The zero-order valence-electron chi connectivity index (χ0n) is 9.14. The van der Waals surface area contributed by atoms with Crippen LogP contribution in [-0.4, -0.2) is 22.9 Å². The molecule has 2 rings (SSSR count). The first-order valence-electron chi connectivity index (χ1n) is 5.32. The van der Waals surface area contributed by atoms with E-state index in [4.69, 9.17) is 0 Å². The van der Waals surface area contributed by atoms with E-state index >= 15 is 0 Å². The van der Waals surface area contributed by atoms with Gasteiger partial charge in [0.15, 0.2) is 0 Å². The third-order valence-electron chi connectivity index (χ3n) is 2.77. The molecule has 0 bridgehead atoms. The summed E-state index contributed by atoms with van der Waals surface area (Å²) in [6.07, 6.45) is 4.83. The zero-order chi connectivity index (χ0) is 10.8. The van der Waals surface area contributed by atoms with Crippen LogP contribution in [0.5, 0.6) is 0 Å². The summed E-state index contributed by atoms with van der Waals surface area (Å²) in [6, 6.07) is 2.12. The number of carbonyl (C=O) groups excluding carboxylic acids is 1. The van der Waals surface area contributed by atoms with E-state index in [-0.39, 0.29) is 12.0 Å². The molecule has 4 nitrogen and oxygen atoms in total. The molecule has 0 aromatic carbocycles. The maximum Gasteiger partial charge on any atom is 0.307 e. The molecule has 1 aliphatic rings. The number of aromatic nitrogens is 2. The molecule has 1 fully saturated rings. The molecule has 0 N–H and O–H groups in total. The highest BCUT2D eigenvalue weighted by Gasteiger charge is 2.26. The Hall–Kier alpha value is -1.32. The minimum Gasteiger partial charge on any atom is -0.469 e. The number of esters is 1. The smallest absolute Gasteiger partial charge is 0.307 e.